The Hall–Kier alpha value is -0.370. The Bertz CT molecular complexity index is 559. The van der Waals surface area contributed by atoms with Crippen LogP contribution in [0, 0.1) is 11.3 Å². The van der Waals surface area contributed by atoms with E-state index in [0.717, 1.165) is 20.3 Å². The van der Waals surface area contributed by atoms with Gasteiger partial charge in [0.15, 0.2) is 12.0 Å². The maximum absolute atomic E-state index is 14.7. The predicted octanol–water partition coefficient (Wildman–Crippen LogP) is 7.19. The monoisotopic (exact) mass is 470 g/mol. The zero-order chi connectivity index (χ0) is 25.8. The van der Waals surface area contributed by atoms with Crippen LogP contribution in [0.3, 0.4) is 0 Å². The van der Waals surface area contributed by atoms with Crippen LogP contribution in [0.2, 0.25) is 0 Å². The number of rotatable bonds is 14. The quantitative estimate of drug-likeness (QED) is 0.252. The Balaban J connectivity index is 5.41. The van der Waals surface area contributed by atoms with E-state index in [1.807, 2.05) is 48.5 Å². The molecule has 0 fully saturated rings. The Morgan fingerprint density at radius 2 is 1.19 bits per heavy atom. The molecule has 32 heavy (non-hydrogen) atoms. The van der Waals surface area contributed by atoms with Crippen molar-refractivity contribution in [1.82, 2.24) is 0 Å². The van der Waals surface area contributed by atoms with Gasteiger partial charge in [-0.15, -0.1) is 0 Å². The van der Waals surface area contributed by atoms with Crippen molar-refractivity contribution in [3.05, 3.63) is 0 Å². The van der Waals surface area contributed by atoms with Gasteiger partial charge in [-0.1, -0.05) is 27.7 Å². The third-order valence-electron chi connectivity index (χ3n) is 5.04. The molecule has 0 aromatic carbocycles. The van der Waals surface area contributed by atoms with Gasteiger partial charge in [-0.25, -0.2) is 13.2 Å². The summed E-state index contributed by atoms with van der Waals surface area (Å²) in [7, 11) is 0. The zero-order valence-electron chi connectivity index (χ0n) is 22.8. The van der Waals surface area contributed by atoms with Crippen molar-refractivity contribution in [2.24, 2.45) is 11.3 Å². The summed E-state index contributed by atoms with van der Waals surface area (Å²) in [6.07, 6.45) is -0.143. The first-order valence-corrected chi connectivity index (χ1v) is 11.5. The molecule has 194 valence electrons. The lowest BCUT2D eigenvalue weighted by atomic mass is 9.79. The SMILES string of the molecule is CC(C)CC(C)(C)OC(COC(C)(C)COC(C)(C)C)OCC(C)(C)C(F)(F)C(C)(C)F. The smallest absolute Gasteiger partial charge is 0.288 e. The van der Waals surface area contributed by atoms with Crippen molar-refractivity contribution in [2.75, 3.05) is 19.8 Å². The maximum Gasteiger partial charge on any atom is 0.288 e. The van der Waals surface area contributed by atoms with Gasteiger partial charge < -0.3 is 18.9 Å². The van der Waals surface area contributed by atoms with Gasteiger partial charge in [0.25, 0.3) is 5.92 Å². The van der Waals surface area contributed by atoms with E-state index in [-0.39, 0.29) is 12.2 Å². The molecule has 0 rings (SSSR count). The molecular weight excluding hydrogens is 421 g/mol. The molecule has 0 spiro atoms. The molecule has 7 heteroatoms. The predicted molar refractivity (Wildman–Crippen MR) is 124 cm³/mol. The lowest BCUT2D eigenvalue weighted by molar-refractivity contribution is -0.271. The maximum atomic E-state index is 14.7. The molecular formula is C25H49F3O4. The van der Waals surface area contributed by atoms with Crippen LogP contribution in [0.15, 0.2) is 0 Å². The average molecular weight is 471 g/mol. The fourth-order valence-corrected chi connectivity index (χ4v) is 3.43. The fourth-order valence-electron chi connectivity index (χ4n) is 3.43. The Kier molecular flexibility index (Phi) is 10.8. The number of hydrogen-bond acceptors (Lipinski definition) is 4. The van der Waals surface area contributed by atoms with E-state index >= 15 is 0 Å². The van der Waals surface area contributed by atoms with Gasteiger partial charge in [-0.2, -0.15) is 0 Å². The number of ether oxygens (including phenoxy) is 4. The zero-order valence-corrected chi connectivity index (χ0v) is 22.8. The van der Waals surface area contributed by atoms with Gasteiger partial charge in [-0.05, 0) is 74.7 Å². The summed E-state index contributed by atoms with van der Waals surface area (Å²) in [5.74, 6) is -3.23. The Morgan fingerprint density at radius 1 is 0.688 bits per heavy atom. The van der Waals surface area contributed by atoms with Crippen LogP contribution in [0.25, 0.3) is 0 Å². The molecule has 4 nitrogen and oxygen atoms in total. The van der Waals surface area contributed by atoms with Crippen LogP contribution >= 0.6 is 0 Å². The molecule has 0 saturated carbocycles. The fraction of sp³-hybridized carbons (Fsp3) is 1.00. The van der Waals surface area contributed by atoms with Crippen molar-refractivity contribution in [3.63, 3.8) is 0 Å². The third-order valence-corrected chi connectivity index (χ3v) is 5.04. The van der Waals surface area contributed by atoms with E-state index in [1.54, 1.807) is 0 Å². The standard InChI is InChI=1S/C25H49F3O4/c1-18(2)14-22(8,9)32-19(15-30-23(10,11)17-31-20(3,4)5)29-16-21(6,7)25(27,28)24(12,13)26/h18-19H,14-17H2,1-13H3. The van der Waals surface area contributed by atoms with Crippen LogP contribution in [0.4, 0.5) is 13.2 Å². The summed E-state index contributed by atoms with van der Waals surface area (Å²) >= 11 is 0. The molecule has 1 atom stereocenters. The van der Waals surface area contributed by atoms with Crippen molar-refractivity contribution in [3.8, 4) is 0 Å². The first kappa shape index (κ1) is 31.6. The van der Waals surface area contributed by atoms with Gasteiger partial charge in [0.05, 0.1) is 42.0 Å². The number of hydrogen-bond donors (Lipinski definition) is 0. The lowest BCUT2D eigenvalue weighted by Crippen LogP contribution is -2.53. The molecule has 0 radical (unpaired) electrons. The van der Waals surface area contributed by atoms with Gasteiger partial charge in [0, 0.05) is 0 Å². The molecule has 0 saturated heterocycles. The molecule has 0 amide bonds. The van der Waals surface area contributed by atoms with E-state index in [1.165, 1.54) is 13.8 Å². The Labute approximate surface area is 194 Å². The highest BCUT2D eigenvalue weighted by Gasteiger charge is 2.58. The van der Waals surface area contributed by atoms with Crippen LogP contribution in [-0.2, 0) is 18.9 Å². The molecule has 0 aliphatic carbocycles. The summed E-state index contributed by atoms with van der Waals surface area (Å²) in [5.41, 5.74) is -5.95. The highest BCUT2D eigenvalue weighted by atomic mass is 19.3. The highest BCUT2D eigenvalue weighted by Crippen LogP contribution is 2.46. The van der Waals surface area contributed by atoms with Crippen molar-refractivity contribution in [2.45, 2.75) is 131 Å². The summed E-state index contributed by atoms with van der Waals surface area (Å²) in [5, 5.41) is 0. The second kappa shape index (κ2) is 10.9. The minimum absolute atomic E-state index is 0.0305. The second-order valence-electron chi connectivity index (χ2n) is 12.6. The number of alkyl halides is 3. The minimum atomic E-state index is -3.60. The molecule has 0 aromatic rings. The van der Waals surface area contributed by atoms with Crippen LogP contribution in [0.1, 0.15) is 96.4 Å². The van der Waals surface area contributed by atoms with E-state index in [9.17, 15) is 13.2 Å². The van der Waals surface area contributed by atoms with Crippen LogP contribution < -0.4 is 0 Å². The highest BCUT2D eigenvalue weighted by molar-refractivity contribution is 4.97. The van der Waals surface area contributed by atoms with Crippen LogP contribution in [-0.4, -0.2) is 54.5 Å². The van der Waals surface area contributed by atoms with E-state index in [0.29, 0.717) is 12.5 Å². The second-order valence-corrected chi connectivity index (χ2v) is 12.6. The number of halogens is 3. The lowest BCUT2D eigenvalue weighted by Gasteiger charge is -2.41. The molecule has 1 unspecified atom stereocenters. The molecule has 0 aliphatic rings. The van der Waals surface area contributed by atoms with Gasteiger partial charge in [0.2, 0.25) is 0 Å². The summed E-state index contributed by atoms with van der Waals surface area (Å²) in [6, 6.07) is 0. The van der Waals surface area contributed by atoms with Crippen molar-refractivity contribution in [1.29, 1.82) is 0 Å². The normalized spacial score (nSPS) is 16.0. The largest absolute Gasteiger partial charge is 0.373 e. The molecule has 0 heterocycles. The first-order valence-electron chi connectivity index (χ1n) is 11.5. The summed E-state index contributed by atoms with van der Waals surface area (Å²) < 4.78 is 67.5. The summed E-state index contributed by atoms with van der Waals surface area (Å²) in [4.78, 5) is 0. The van der Waals surface area contributed by atoms with E-state index in [2.05, 4.69) is 13.8 Å². The Morgan fingerprint density at radius 3 is 1.59 bits per heavy atom. The van der Waals surface area contributed by atoms with Crippen LogP contribution in [0.5, 0.6) is 0 Å². The molecule has 0 aromatic heterocycles. The molecule has 0 bridgehead atoms. The van der Waals surface area contributed by atoms with E-state index in [4.69, 9.17) is 18.9 Å². The topological polar surface area (TPSA) is 36.9 Å². The van der Waals surface area contributed by atoms with E-state index < -0.39 is 41.1 Å². The first-order chi connectivity index (χ1) is 13.9. The minimum Gasteiger partial charge on any atom is -0.373 e. The van der Waals surface area contributed by atoms with Gasteiger partial charge in [-0.3, -0.25) is 0 Å². The molecule has 0 N–H and O–H groups in total. The molecule has 0 aliphatic heterocycles. The average Bonchev–Trinajstić information content (AvgIpc) is 2.52. The summed E-state index contributed by atoms with van der Waals surface area (Å²) in [6.45, 7) is 22.0. The van der Waals surface area contributed by atoms with Crippen molar-refractivity contribution < 1.29 is 32.1 Å². The third kappa shape index (κ3) is 11.2. The van der Waals surface area contributed by atoms with Gasteiger partial charge in [0.1, 0.15) is 0 Å². The van der Waals surface area contributed by atoms with Crippen molar-refractivity contribution >= 4 is 0 Å². The van der Waals surface area contributed by atoms with Gasteiger partial charge >= 0.3 is 0 Å².